The van der Waals surface area contributed by atoms with Crippen LogP contribution in [0.15, 0.2) is 30.3 Å². The predicted molar refractivity (Wildman–Crippen MR) is 80.2 cm³/mol. The molecule has 0 aliphatic heterocycles. The van der Waals surface area contributed by atoms with Gasteiger partial charge in [-0.05, 0) is 32.3 Å². The van der Waals surface area contributed by atoms with Crippen molar-refractivity contribution in [2.75, 3.05) is 6.61 Å². The Kier molecular flexibility index (Phi) is 7.08. The van der Waals surface area contributed by atoms with Crippen LogP contribution < -0.4 is 0 Å². The van der Waals surface area contributed by atoms with Gasteiger partial charge in [0.25, 0.3) is 0 Å². The molecule has 0 saturated heterocycles. The van der Waals surface area contributed by atoms with Crippen LogP contribution in [0, 0.1) is 0 Å². The van der Waals surface area contributed by atoms with Crippen LogP contribution in [0.3, 0.4) is 0 Å². The highest BCUT2D eigenvalue weighted by molar-refractivity contribution is 5.82. The molecule has 1 N–H and O–H groups in total. The van der Waals surface area contributed by atoms with Gasteiger partial charge in [0.1, 0.15) is 12.1 Å². The molecule has 6 nitrogen and oxygen atoms in total. The molecule has 1 aromatic carbocycles. The molecule has 0 spiro atoms. The van der Waals surface area contributed by atoms with Crippen LogP contribution >= 0.6 is 0 Å². The zero-order valence-electron chi connectivity index (χ0n) is 12.8. The topological polar surface area (TPSA) is 83.9 Å². The zero-order chi connectivity index (χ0) is 16.5. The van der Waals surface area contributed by atoms with Crippen LogP contribution in [0.5, 0.6) is 0 Å². The van der Waals surface area contributed by atoms with Gasteiger partial charge < -0.3 is 14.7 Å². The largest absolute Gasteiger partial charge is 0.480 e. The van der Waals surface area contributed by atoms with Gasteiger partial charge in [-0.1, -0.05) is 30.3 Å². The van der Waals surface area contributed by atoms with Crippen LogP contribution in [0.4, 0.5) is 0 Å². The first-order valence-electron chi connectivity index (χ1n) is 7.17. The Morgan fingerprint density at radius 2 is 1.95 bits per heavy atom. The fourth-order valence-electron chi connectivity index (χ4n) is 2.14. The average Bonchev–Trinajstić information content (AvgIpc) is 2.51. The first-order chi connectivity index (χ1) is 10.5. The minimum atomic E-state index is -1.17. The molecule has 22 heavy (non-hydrogen) atoms. The van der Waals surface area contributed by atoms with Crippen molar-refractivity contribution in [1.82, 2.24) is 4.90 Å². The average molecular weight is 307 g/mol. The minimum absolute atomic E-state index is 0.175. The van der Waals surface area contributed by atoms with Crippen LogP contribution in [-0.4, -0.2) is 47.0 Å². The molecule has 0 aliphatic rings. The van der Waals surface area contributed by atoms with Gasteiger partial charge in [0.2, 0.25) is 6.41 Å². The molecule has 1 aromatic rings. The number of aliphatic carboxylic acids is 1. The number of carbonyl (C=O) groups excluding carboxylic acids is 2. The highest BCUT2D eigenvalue weighted by Gasteiger charge is 2.32. The van der Waals surface area contributed by atoms with Crippen molar-refractivity contribution >= 4 is 18.3 Å². The third-order valence-electron chi connectivity index (χ3n) is 3.39. The smallest absolute Gasteiger partial charge is 0.328 e. The second-order valence-electron chi connectivity index (χ2n) is 4.86. The van der Waals surface area contributed by atoms with Crippen LogP contribution in [0.25, 0.3) is 0 Å². The molecule has 0 radical (unpaired) electrons. The molecule has 1 unspecified atom stereocenters. The van der Waals surface area contributed by atoms with Gasteiger partial charge in [-0.3, -0.25) is 4.79 Å². The monoisotopic (exact) mass is 307 g/mol. The van der Waals surface area contributed by atoms with E-state index in [0.717, 1.165) is 10.5 Å². The number of nitrogens with zero attached hydrogens (tertiary/aromatic N) is 1. The van der Waals surface area contributed by atoms with Crippen LogP contribution in [-0.2, 0) is 25.5 Å². The third-order valence-corrected chi connectivity index (χ3v) is 3.39. The Morgan fingerprint density at radius 3 is 2.45 bits per heavy atom. The molecule has 0 fully saturated rings. The first-order valence-corrected chi connectivity index (χ1v) is 7.17. The summed E-state index contributed by atoms with van der Waals surface area (Å²) in [4.78, 5) is 35.5. The van der Waals surface area contributed by atoms with E-state index in [-0.39, 0.29) is 6.61 Å². The Morgan fingerprint density at radius 1 is 1.32 bits per heavy atom. The van der Waals surface area contributed by atoms with Crippen molar-refractivity contribution in [3.63, 3.8) is 0 Å². The van der Waals surface area contributed by atoms with Gasteiger partial charge in [0.15, 0.2) is 0 Å². The highest BCUT2D eigenvalue weighted by atomic mass is 16.5. The maximum absolute atomic E-state index is 12.1. The van der Waals surface area contributed by atoms with E-state index in [9.17, 15) is 14.4 Å². The molecule has 0 aliphatic carbocycles. The summed E-state index contributed by atoms with van der Waals surface area (Å²) in [7, 11) is 0. The van der Waals surface area contributed by atoms with Gasteiger partial charge in [-0.25, -0.2) is 9.59 Å². The molecule has 0 aromatic heterocycles. The lowest BCUT2D eigenvalue weighted by Gasteiger charge is -2.29. The number of ether oxygens (including phenoxy) is 1. The number of benzene rings is 1. The highest BCUT2D eigenvalue weighted by Crippen LogP contribution is 2.14. The predicted octanol–water partition coefficient (Wildman–Crippen LogP) is 1.48. The Labute approximate surface area is 129 Å². The summed E-state index contributed by atoms with van der Waals surface area (Å²) in [6, 6.07) is 7.46. The summed E-state index contributed by atoms with van der Waals surface area (Å²) in [6.07, 6.45) is 1.24. The number of aryl methyl sites for hydroxylation is 1. The quantitative estimate of drug-likeness (QED) is 0.552. The summed E-state index contributed by atoms with van der Waals surface area (Å²) < 4.78 is 4.97. The second kappa shape index (κ2) is 8.81. The van der Waals surface area contributed by atoms with E-state index < -0.39 is 24.0 Å². The van der Waals surface area contributed by atoms with E-state index in [2.05, 4.69) is 0 Å². The molecule has 0 bridgehead atoms. The molecular formula is C16H21NO5. The Hall–Kier alpha value is -2.37. The van der Waals surface area contributed by atoms with E-state index in [1.165, 1.54) is 6.92 Å². The standard InChI is InChI=1S/C16H21NO5/c1-3-22-16(21)14(17(11-18)12(2)15(19)20)10-9-13-7-5-4-6-8-13/h4-8,11-12,14H,3,9-10H2,1-2H3,(H,19,20)/t12-,14?/m0/s1. The first kappa shape index (κ1) is 17.7. The number of carboxylic acids is 1. The summed E-state index contributed by atoms with van der Waals surface area (Å²) in [5.74, 6) is -1.75. The lowest BCUT2D eigenvalue weighted by atomic mass is 10.0. The molecule has 0 heterocycles. The maximum atomic E-state index is 12.1. The van der Waals surface area contributed by atoms with Crippen molar-refractivity contribution in [1.29, 1.82) is 0 Å². The van der Waals surface area contributed by atoms with E-state index >= 15 is 0 Å². The van der Waals surface area contributed by atoms with Crippen molar-refractivity contribution in [2.45, 2.75) is 38.8 Å². The molecular weight excluding hydrogens is 286 g/mol. The van der Waals surface area contributed by atoms with Gasteiger partial charge >= 0.3 is 11.9 Å². The molecule has 0 saturated carbocycles. The van der Waals surface area contributed by atoms with Gasteiger partial charge in [-0.15, -0.1) is 0 Å². The Bertz CT molecular complexity index is 503. The van der Waals surface area contributed by atoms with Crippen molar-refractivity contribution in [2.24, 2.45) is 0 Å². The number of hydrogen-bond donors (Lipinski definition) is 1. The van der Waals surface area contributed by atoms with Crippen molar-refractivity contribution in [3.05, 3.63) is 35.9 Å². The van der Waals surface area contributed by atoms with Crippen LogP contribution in [0.2, 0.25) is 0 Å². The van der Waals surface area contributed by atoms with Gasteiger partial charge in [-0.2, -0.15) is 0 Å². The fraction of sp³-hybridized carbons (Fsp3) is 0.438. The van der Waals surface area contributed by atoms with Crippen molar-refractivity contribution < 1.29 is 24.2 Å². The third kappa shape index (κ3) is 4.87. The zero-order valence-corrected chi connectivity index (χ0v) is 12.8. The normalized spacial score (nSPS) is 13.0. The van der Waals surface area contributed by atoms with Crippen LogP contribution in [0.1, 0.15) is 25.8 Å². The SMILES string of the molecule is CCOC(=O)C(CCc1ccccc1)N(C=O)[C@@H](C)C(=O)O. The minimum Gasteiger partial charge on any atom is -0.480 e. The lowest BCUT2D eigenvalue weighted by molar-refractivity contribution is -0.157. The summed E-state index contributed by atoms with van der Waals surface area (Å²) in [5, 5.41) is 9.08. The number of carbonyl (C=O) groups is 3. The number of esters is 1. The fourth-order valence-corrected chi connectivity index (χ4v) is 2.14. The molecule has 1 amide bonds. The molecule has 2 atom stereocenters. The summed E-state index contributed by atoms with van der Waals surface area (Å²) >= 11 is 0. The van der Waals surface area contributed by atoms with E-state index in [1.54, 1.807) is 6.92 Å². The van der Waals surface area contributed by atoms with Crippen molar-refractivity contribution in [3.8, 4) is 0 Å². The van der Waals surface area contributed by atoms with E-state index in [4.69, 9.17) is 9.84 Å². The lowest BCUT2D eigenvalue weighted by Crippen LogP contribution is -2.49. The van der Waals surface area contributed by atoms with Gasteiger partial charge in [0.05, 0.1) is 6.61 Å². The summed E-state index contributed by atoms with van der Waals surface area (Å²) in [5.41, 5.74) is 1.01. The molecule has 6 heteroatoms. The Balaban J connectivity index is 2.88. The van der Waals surface area contributed by atoms with E-state index in [1.807, 2.05) is 30.3 Å². The number of rotatable bonds is 9. The summed E-state index contributed by atoms with van der Waals surface area (Å²) in [6.45, 7) is 3.21. The molecule has 1 rings (SSSR count). The second-order valence-corrected chi connectivity index (χ2v) is 4.86. The van der Waals surface area contributed by atoms with Gasteiger partial charge in [0, 0.05) is 0 Å². The molecule has 120 valence electrons. The maximum Gasteiger partial charge on any atom is 0.328 e. The number of amides is 1. The number of hydrogen-bond acceptors (Lipinski definition) is 4. The van der Waals surface area contributed by atoms with E-state index in [0.29, 0.717) is 19.3 Å². The number of carboxylic acid groups (broad SMARTS) is 1.